The molecule has 0 aromatic heterocycles. The first-order valence-corrected chi connectivity index (χ1v) is 6.96. The summed E-state index contributed by atoms with van der Waals surface area (Å²) in [6.07, 6.45) is 0.245. The van der Waals surface area contributed by atoms with Crippen LogP contribution in [0.3, 0.4) is 0 Å². The molecule has 2 atom stereocenters. The van der Waals surface area contributed by atoms with Crippen LogP contribution >= 0.6 is 0 Å². The monoisotopic (exact) mass is 295 g/mol. The number of nitrogens with zero attached hydrogens (tertiary/aromatic N) is 1. The van der Waals surface area contributed by atoms with E-state index in [4.69, 9.17) is 14.6 Å². The van der Waals surface area contributed by atoms with Crippen LogP contribution in [-0.4, -0.2) is 54.4 Å². The molecule has 1 aliphatic rings. The third-order valence-corrected chi connectivity index (χ3v) is 3.62. The molecule has 2 rings (SSSR count). The van der Waals surface area contributed by atoms with Crippen molar-refractivity contribution in [1.29, 1.82) is 0 Å². The largest absolute Gasteiger partial charge is 0.493 e. The molecule has 0 radical (unpaired) electrons. The van der Waals surface area contributed by atoms with Crippen molar-refractivity contribution in [3.05, 3.63) is 23.8 Å². The van der Waals surface area contributed by atoms with Crippen molar-refractivity contribution in [2.45, 2.75) is 25.0 Å². The number of likely N-dealkylation sites (N-methyl/N-ethyl adjacent to an activating group) is 1. The van der Waals surface area contributed by atoms with E-state index in [2.05, 4.69) is 4.90 Å². The highest BCUT2D eigenvalue weighted by Crippen LogP contribution is 2.36. The van der Waals surface area contributed by atoms with Crippen LogP contribution in [-0.2, 0) is 4.79 Å². The number of para-hydroxylation sites is 1. The van der Waals surface area contributed by atoms with Crippen molar-refractivity contribution in [3.8, 4) is 11.5 Å². The summed E-state index contributed by atoms with van der Waals surface area (Å²) in [4.78, 5) is 13.2. The second-order valence-electron chi connectivity index (χ2n) is 5.26. The Balaban J connectivity index is 2.28. The zero-order valence-corrected chi connectivity index (χ0v) is 12.3. The molecule has 0 bridgehead atoms. The molecule has 21 heavy (non-hydrogen) atoms. The van der Waals surface area contributed by atoms with Gasteiger partial charge in [-0.05, 0) is 32.5 Å². The SMILES string of the molecule is COc1cccc(C(O)C(=O)O)c1OC1CCCN(C)C1. The van der Waals surface area contributed by atoms with Gasteiger partial charge in [-0.1, -0.05) is 12.1 Å². The normalized spacial score (nSPS) is 20.8. The molecule has 0 saturated carbocycles. The number of hydrogen-bond acceptors (Lipinski definition) is 5. The van der Waals surface area contributed by atoms with Crippen molar-refractivity contribution in [2.75, 3.05) is 27.2 Å². The van der Waals surface area contributed by atoms with E-state index in [1.807, 2.05) is 7.05 Å². The number of carboxylic acids is 1. The molecule has 0 spiro atoms. The minimum absolute atomic E-state index is 0.0419. The van der Waals surface area contributed by atoms with Gasteiger partial charge in [-0.3, -0.25) is 0 Å². The van der Waals surface area contributed by atoms with Crippen molar-refractivity contribution in [1.82, 2.24) is 4.90 Å². The van der Waals surface area contributed by atoms with Gasteiger partial charge in [0.05, 0.1) is 7.11 Å². The Hall–Kier alpha value is -1.79. The third kappa shape index (κ3) is 3.65. The summed E-state index contributed by atoms with van der Waals surface area (Å²) in [5.74, 6) is -0.565. The molecule has 1 aromatic rings. The molecule has 6 heteroatoms. The highest BCUT2D eigenvalue weighted by molar-refractivity contribution is 5.75. The van der Waals surface area contributed by atoms with E-state index in [-0.39, 0.29) is 11.7 Å². The number of rotatable bonds is 5. The smallest absolute Gasteiger partial charge is 0.337 e. The summed E-state index contributed by atoms with van der Waals surface area (Å²) >= 11 is 0. The first-order chi connectivity index (χ1) is 10.0. The van der Waals surface area contributed by atoms with E-state index in [1.165, 1.54) is 7.11 Å². The summed E-state index contributed by atoms with van der Waals surface area (Å²) in [5, 5.41) is 18.9. The summed E-state index contributed by atoms with van der Waals surface area (Å²) < 4.78 is 11.2. The highest BCUT2D eigenvalue weighted by atomic mass is 16.5. The van der Waals surface area contributed by atoms with Gasteiger partial charge < -0.3 is 24.6 Å². The molecule has 1 fully saturated rings. The maximum Gasteiger partial charge on any atom is 0.337 e. The van der Waals surface area contributed by atoms with Gasteiger partial charge in [0.25, 0.3) is 0 Å². The number of aliphatic carboxylic acids is 1. The summed E-state index contributed by atoms with van der Waals surface area (Å²) in [6.45, 7) is 1.79. The van der Waals surface area contributed by atoms with Crippen LogP contribution < -0.4 is 9.47 Å². The molecule has 0 amide bonds. The Labute approximate surface area is 123 Å². The van der Waals surface area contributed by atoms with Crippen LogP contribution in [0.25, 0.3) is 0 Å². The van der Waals surface area contributed by atoms with Crippen molar-refractivity contribution < 1.29 is 24.5 Å². The van der Waals surface area contributed by atoms with E-state index in [0.29, 0.717) is 11.5 Å². The standard InChI is InChI=1S/C15H21NO5/c1-16-8-4-5-10(9-16)21-14-11(13(17)15(18)19)6-3-7-12(14)20-2/h3,6-7,10,13,17H,4-5,8-9H2,1-2H3,(H,18,19). The number of piperidine rings is 1. The van der Waals surface area contributed by atoms with Crippen molar-refractivity contribution >= 4 is 5.97 Å². The molecule has 6 nitrogen and oxygen atoms in total. The molecular weight excluding hydrogens is 274 g/mol. The highest BCUT2D eigenvalue weighted by Gasteiger charge is 2.26. The van der Waals surface area contributed by atoms with Crippen LogP contribution in [0, 0.1) is 0 Å². The molecule has 1 aliphatic heterocycles. The number of likely N-dealkylation sites (tertiary alicyclic amines) is 1. The zero-order valence-electron chi connectivity index (χ0n) is 12.3. The van der Waals surface area contributed by atoms with Crippen LogP contribution in [0.1, 0.15) is 24.5 Å². The zero-order chi connectivity index (χ0) is 15.4. The summed E-state index contributed by atoms with van der Waals surface area (Å²) in [6, 6.07) is 4.88. The number of carboxylic acid groups (broad SMARTS) is 1. The lowest BCUT2D eigenvalue weighted by molar-refractivity contribution is -0.147. The van der Waals surface area contributed by atoms with Gasteiger partial charge in [0.1, 0.15) is 6.10 Å². The van der Waals surface area contributed by atoms with E-state index >= 15 is 0 Å². The van der Waals surface area contributed by atoms with Gasteiger partial charge in [-0.15, -0.1) is 0 Å². The lowest BCUT2D eigenvalue weighted by Crippen LogP contribution is -2.38. The van der Waals surface area contributed by atoms with Crippen molar-refractivity contribution in [3.63, 3.8) is 0 Å². The summed E-state index contributed by atoms with van der Waals surface area (Å²) in [5.41, 5.74) is 0.218. The van der Waals surface area contributed by atoms with Gasteiger partial charge in [0.2, 0.25) is 0 Å². The van der Waals surface area contributed by atoms with Gasteiger partial charge in [0.15, 0.2) is 17.6 Å². The van der Waals surface area contributed by atoms with E-state index in [0.717, 1.165) is 25.9 Å². The fourth-order valence-electron chi connectivity index (χ4n) is 2.55. The predicted octanol–water partition coefficient (Wildman–Crippen LogP) is 1.29. The fraction of sp³-hybridized carbons (Fsp3) is 0.533. The number of benzene rings is 1. The second-order valence-corrected chi connectivity index (χ2v) is 5.26. The topological polar surface area (TPSA) is 79.2 Å². The van der Waals surface area contributed by atoms with Crippen LogP contribution in [0.5, 0.6) is 11.5 Å². The maximum absolute atomic E-state index is 11.0. The number of methoxy groups -OCH3 is 1. The number of hydrogen-bond donors (Lipinski definition) is 2. The van der Waals surface area contributed by atoms with Gasteiger partial charge in [0, 0.05) is 12.1 Å². The quantitative estimate of drug-likeness (QED) is 0.852. The predicted molar refractivity (Wildman–Crippen MR) is 76.7 cm³/mol. The van der Waals surface area contributed by atoms with E-state index in [1.54, 1.807) is 18.2 Å². The van der Waals surface area contributed by atoms with Gasteiger partial charge in [-0.2, -0.15) is 0 Å². The first-order valence-electron chi connectivity index (χ1n) is 6.96. The van der Waals surface area contributed by atoms with E-state index in [9.17, 15) is 9.90 Å². The minimum Gasteiger partial charge on any atom is -0.493 e. The third-order valence-electron chi connectivity index (χ3n) is 3.62. The Morgan fingerprint density at radius 2 is 2.24 bits per heavy atom. The van der Waals surface area contributed by atoms with Crippen LogP contribution in [0.15, 0.2) is 18.2 Å². The number of aliphatic hydroxyl groups is 1. The first kappa shape index (κ1) is 15.6. The molecule has 2 unspecified atom stereocenters. The van der Waals surface area contributed by atoms with Crippen molar-refractivity contribution in [2.24, 2.45) is 0 Å². The number of carbonyl (C=O) groups is 1. The fourth-order valence-corrected chi connectivity index (χ4v) is 2.55. The summed E-state index contributed by atoms with van der Waals surface area (Å²) in [7, 11) is 3.51. The lowest BCUT2D eigenvalue weighted by Gasteiger charge is -2.31. The Bertz CT molecular complexity index is 505. The van der Waals surface area contributed by atoms with Crippen LogP contribution in [0.4, 0.5) is 0 Å². The Kier molecular flexibility index (Phi) is 5.03. The Morgan fingerprint density at radius 1 is 1.48 bits per heavy atom. The van der Waals surface area contributed by atoms with Gasteiger partial charge in [-0.25, -0.2) is 4.79 Å². The van der Waals surface area contributed by atoms with Crippen LogP contribution in [0.2, 0.25) is 0 Å². The maximum atomic E-state index is 11.0. The molecule has 1 saturated heterocycles. The molecule has 0 aliphatic carbocycles. The molecule has 1 aromatic carbocycles. The second kappa shape index (κ2) is 6.78. The van der Waals surface area contributed by atoms with E-state index < -0.39 is 12.1 Å². The number of ether oxygens (including phenoxy) is 2. The lowest BCUT2D eigenvalue weighted by atomic mass is 10.1. The molecular formula is C15H21NO5. The minimum atomic E-state index is -1.63. The average molecular weight is 295 g/mol. The molecule has 116 valence electrons. The average Bonchev–Trinajstić information content (AvgIpc) is 2.46. The van der Waals surface area contributed by atoms with Gasteiger partial charge >= 0.3 is 5.97 Å². The molecule has 2 N–H and O–H groups in total. The molecule has 1 heterocycles. The number of aliphatic hydroxyl groups excluding tert-OH is 1. The Morgan fingerprint density at radius 3 is 2.86 bits per heavy atom.